The first kappa shape index (κ1) is 86.5. The molecule has 28 heteroatoms. The number of fused-ring (bicyclic) bond motifs is 5. The first-order valence-corrected chi connectivity index (χ1v) is 38.8. The van der Waals surface area contributed by atoms with Crippen LogP contribution in [0.15, 0.2) is 59.5 Å². The fourth-order valence-corrected chi connectivity index (χ4v) is 13.8. The van der Waals surface area contributed by atoms with E-state index >= 15 is 0 Å². The number of Topliss-reactive ketones (excluding diaryl/α,β-unsaturated/α-hetero) is 4. The van der Waals surface area contributed by atoms with Crippen LogP contribution in [0.4, 0.5) is 10.5 Å². The molecule has 3 unspecified atom stereocenters. The topological polar surface area (TPSA) is 328 Å². The molecule has 3 aromatic heterocycles. The van der Waals surface area contributed by atoms with Crippen LogP contribution in [-0.2, 0) is 135 Å². The number of ketones is 4. The van der Waals surface area contributed by atoms with Gasteiger partial charge in [0.1, 0.15) is 38.0 Å². The van der Waals surface area contributed by atoms with Gasteiger partial charge in [-0.25, -0.2) is 19.3 Å². The zero-order chi connectivity index (χ0) is 77.9. The smallest absolute Gasteiger partial charge is 0.457 e. The Balaban J connectivity index is 0.000000307. The molecule has 5 aromatic rings. The Morgan fingerprint density at radius 2 is 1.33 bits per heavy atom. The lowest BCUT2D eigenvalue weighted by molar-refractivity contribution is -0.175. The van der Waals surface area contributed by atoms with Crippen molar-refractivity contribution in [3.8, 4) is 11.4 Å². The fourth-order valence-electron chi connectivity index (χ4n) is 13.8. The summed E-state index contributed by atoms with van der Waals surface area (Å²) in [6.07, 6.45) is 11.1. The van der Waals surface area contributed by atoms with Crippen LogP contribution in [0, 0.1) is 30.6 Å². The summed E-state index contributed by atoms with van der Waals surface area (Å²) in [7, 11) is 1.82. The number of amides is 2. The van der Waals surface area contributed by atoms with Crippen molar-refractivity contribution < 1.29 is 95.2 Å². The number of likely N-dealkylation sites (tertiary alicyclic amines) is 1. The van der Waals surface area contributed by atoms with Gasteiger partial charge in [0, 0.05) is 98.5 Å². The van der Waals surface area contributed by atoms with Gasteiger partial charge in [-0.05, 0) is 113 Å². The summed E-state index contributed by atoms with van der Waals surface area (Å²) in [5.74, 6) is -0.994. The number of nitrogens with zero attached hydrogens (tertiary/aromatic N) is 6. The Morgan fingerprint density at radius 3 is 1.92 bits per heavy atom. The van der Waals surface area contributed by atoms with Gasteiger partial charge in [0.2, 0.25) is 17.4 Å². The molecule has 28 nitrogen and oxygen atoms in total. The molecule has 109 heavy (non-hydrogen) atoms. The number of aryl methyl sites for hydroxylation is 3. The largest absolute Gasteiger partial charge is 0.510 e. The number of ether oxygens (including phenoxy) is 12. The molecule has 4 aliphatic rings. The number of carbonyl (C=O) groups excluding carboxylic acids is 8. The number of nitrogens with one attached hydrogen (secondary N) is 1. The van der Waals surface area contributed by atoms with Gasteiger partial charge in [-0.3, -0.25) is 38.5 Å². The lowest BCUT2D eigenvalue weighted by atomic mass is 9.79. The van der Waals surface area contributed by atoms with Crippen molar-refractivity contribution in [1.82, 2.24) is 29.4 Å². The number of rotatable bonds is 51. The Labute approximate surface area is 638 Å². The summed E-state index contributed by atoms with van der Waals surface area (Å²) < 4.78 is 69.5. The number of hydrogen-bond acceptors (Lipinski definition) is 25. The van der Waals surface area contributed by atoms with Crippen molar-refractivity contribution in [1.29, 1.82) is 0 Å². The molecule has 598 valence electrons. The molecule has 0 spiro atoms. The van der Waals surface area contributed by atoms with Crippen molar-refractivity contribution >= 4 is 63.7 Å². The highest BCUT2D eigenvalue weighted by molar-refractivity contribution is 6.03. The predicted molar refractivity (Wildman–Crippen MR) is 403 cm³/mol. The van der Waals surface area contributed by atoms with Crippen molar-refractivity contribution in [3.05, 3.63) is 104 Å². The van der Waals surface area contributed by atoms with Crippen LogP contribution in [0.1, 0.15) is 164 Å². The monoisotopic (exact) mass is 1520 g/mol. The zero-order valence-corrected chi connectivity index (χ0v) is 64.8. The number of hydrogen-bond donors (Lipinski definition) is 1. The van der Waals surface area contributed by atoms with E-state index < -0.39 is 17.7 Å². The second-order valence-corrected chi connectivity index (χ2v) is 28.1. The van der Waals surface area contributed by atoms with E-state index in [1.54, 1.807) is 29.2 Å². The number of benzene rings is 2. The lowest BCUT2D eigenvalue weighted by Crippen LogP contribution is -2.47. The normalized spacial score (nSPS) is 17.5. The van der Waals surface area contributed by atoms with Crippen LogP contribution < -0.4 is 10.9 Å². The fraction of sp³-hybridized carbons (Fsp3) is 0.630. The third-order valence-electron chi connectivity index (χ3n) is 20.1. The van der Waals surface area contributed by atoms with Crippen molar-refractivity contribution in [2.45, 2.75) is 176 Å². The highest BCUT2D eigenvalue weighted by Gasteiger charge is 2.51. The number of imide groups is 1. The van der Waals surface area contributed by atoms with Gasteiger partial charge in [0.15, 0.2) is 11.6 Å². The number of cyclic esters (lactones) is 1. The first-order valence-electron chi connectivity index (χ1n) is 38.8. The molecule has 2 fully saturated rings. The third kappa shape index (κ3) is 26.6. The quantitative estimate of drug-likeness (QED) is 0.0211. The minimum Gasteiger partial charge on any atom is -0.457 e. The van der Waals surface area contributed by atoms with Gasteiger partial charge in [-0.2, -0.15) is 0 Å². The Bertz CT molecular complexity index is 3830. The van der Waals surface area contributed by atoms with Crippen molar-refractivity contribution in [2.75, 3.05) is 138 Å². The minimum absolute atomic E-state index is 0.0274. The molecular weight excluding hydrogens is 1410 g/mol. The summed E-state index contributed by atoms with van der Waals surface area (Å²) in [5, 5.41) is 12.5. The molecule has 1 N–H and O–H groups in total. The van der Waals surface area contributed by atoms with E-state index in [-0.39, 0.29) is 109 Å². The number of esters is 1. The number of aromatic nitrogens is 5. The Morgan fingerprint density at radius 1 is 0.706 bits per heavy atom. The number of pyridine rings is 2. The van der Waals surface area contributed by atoms with Crippen LogP contribution in [0.3, 0.4) is 0 Å². The maximum Gasteiger partial charge on any atom is 0.510 e. The summed E-state index contributed by atoms with van der Waals surface area (Å²) >= 11 is 0. The van der Waals surface area contributed by atoms with E-state index in [0.717, 1.165) is 95.9 Å². The van der Waals surface area contributed by atoms with Gasteiger partial charge < -0.3 is 66.7 Å². The summed E-state index contributed by atoms with van der Waals surface area (Å²) in [5.41, 5.74) is 6.37. The lowest BCUT2D eigenvalue weighted by Gasteiger charge is -2.35. The average molecular weight is 1520 g/mol. The van der Waals surface area contributed by atoms with E-state index in [1.807, 2.05) is 56.6 Å². The average Bonchev–Trinajstić information content (AvgIpc) is 1.63. The maximum atomic E-state index is 13.8. The van der Waals surface area contributed by atoms with Gasteiger partial charge in [-0.15, -0.1) is 5.10 Å². The molecule has 1 saturated carbocycles. The molecule has 6 heterocycles. The summed E-state index contributed by atoms with van der Waals surface area (Å²) in [6, 6.07) is 15.3. The number of unbranched alkanes of at least 4 members (excludes halogenated alkanes) is 2. The predicted octanol–water partition coefficient (Wildman–Crippen LogP) is 9.58. The van der Waals surface area contributed by atoms with Gasteiger partial charge in [0.05, 0.1) is 140 Å². The molecule has 2 aromatic carbocycles. The standard InChI is InChI=1S/C49H82N4O15.C32H31N3O6/c1-4-5-6-8-43(40(3)54)34-46(56)38-68-37-45(55)9-7-17-60-19-21-62-23-25-64-27-29-66-31-32-67-30-28-65-26-24-63-22-20-61-18-16-52-36-44(50-51-52)14-15-47(57)42-12-10-41(11-13-42)35-53-48(58)33-39(2)49(53)59;1-5-21-22-13-18(3)7-12-26(22)34-28-23(21)15-35-27(28)14-25-24(29(35)36)17-39-30(37)32(25,6-2)41-31(38)40-16-19-8-10-20(33-4)11-9-19/h36,39,41-43H,4-35,37-38H2,1-3H3;7-14,33H,5-6,15-17H2,1-4H3. The maximum absolute atomic E-state index is 13.8. The molecule has 0 radical (unpaired) electrons. The SMILES string of the molecule is CCCCCC(CC(=O)COCC(=O)CCCOCCOCCOCCOCCOCCOCCOCCOCCn1cc(CCC(=O)C2CCC(CN3C(=O)CC(C)C3=O)CC2)nn1)C(C)=O.CCc1c2c(nc3ccc(C)cc13)-c1cc3c(c(=O)n1C2)COC(=O)C3(CC)OC(=O)OCc1ccc(NC)cc1. The highest BCUT2D eigenvalue weighted by Crippen LogP contribution is 2.43. The molecular formula is C81H113N7O21. The molecule has 3 atom stereocenters. The molecule has 0 bridgehead atoms. The van der Waals surface area contributed by atoms with E-state index in [2.05, 4.69) is 35.5 Å². The Hall–Kier alpha value is -8.06. The zero-order valence-electron chi connectivity index (χ0n) is 64.8. The van der Waals surface area contributed by atoms with E-state index in [1.165, 1.54) is 11.8 Å². The van der Waals surface area contributed by atoms with Crippen LogP contribution in [0.25, 0.3) is 22.3 Å². The van der Waals surface area contributed by atoms with Crippen LogP contribution in [0.5, 0.6) is 0 Å². The van der Waals surface area contributed by atoms with Crippen molar-refractivity contribution in [3.63, 3.8) is 0 Å². The van der Waals surface area contributed by atoms with E-state index in [9.17, 15) is 43.2 Å². The summed E-state index contributed by atoms with van der Waals surface area (Å²) in [4.78, 5) is 120. The van der Waals surface area contributed by atoms with E-state index in [0.29, 0.717) is 181 Å². The first-order chi connectivity index (χ1) is 52.9. The van der Waals surface area contributed by atoms with Gasteiger partial charge in [0.25, 0.3) is 5.56 Å². The third-order valence-corrected chi connectivity index (χ3v) is 20.1. The van der Waals surface area contributed by atoms with Crippen LogP contribution in [-0.4, -0.2) is 209 Å². The molecule has 2 amide bonds. The Kier molecular flexibility index (Phi) is 36.5. The molecule has 1 saturated heterocycles. The second-order valence-electron chi connectivity index (χ2n) is 28.1. The van der Waals surface area contributed by atoms with Crippen LogP contribution in [0.2, 0.25) is 0 Å². The molecule has 9 rings (SSSR count). The highest BCUT2D eigenvalue weighted by atomic mass is 16.7. The van der Waals surface area contributed by atoms with Crippen LogP contribution >= 0.6 is 0 Å². The number of carbonyl (C=O) groups is 8. The second kappa shape index (κ2) is 45.9. The molecule has 1 aliphatic carbocycles. The number of anilines is 1. The molecule has 3 aliphatic heterocycles. The van der Waals surface area contributed by atoms with E-state index in [4.69, 9.17) is 61.8 Å². The van der Waals surface area contributed by atoms with Gasteiger partial charge >= 0.3 is 12.1 Å². The van der Waals surface area contributed by atoms with Crippen molar-refractivity contribution in [2.24, 2.45) is 23.7 Å². The van der Waals surface area contributed by atoms with Gasteiger partial charge in [-0.1, -0.05) is 75.9 Å². The minimum atomic E-state index is -1.82. The summed E-state index contributed by atoms with van der Waals surface area (Å²) in [6.45, 7) is 19.3.